The lowest BCUT2D eigenvalue weighted by Gasteiger charge is -2.35. The van der Waals surface area contributed by atoms with Gasteiger partial charge in [-0.1, -0.05) is 19.1 Å². The van der Waals surface area contributed by atoms with Gasteiger partial charge in [-0.15, -0.1) is 0 Å². The maximum absolute atomic E-state index is 14.0. The van der Waals surface area contributed by atoms with Crippen molar-refractivity contribution in [3.63, 3.8) is 0 Å². The van der Waals surface area contributed by atoms with Crippen LogP contribution in [-0.2, 0) is 21.2 Å². The van der Waals surface area contributed by atoms with Gasteiger partial charge in [0.2, 0.25) is 15.9 Å². The molecule has 0 atom stereocenters. The summed E-state index contributed by atoms with van der Waals surface area (Å²) in [5.41, 5.74) is 2.21. The van der Waals surface area contributed by atoms with Crippen LogP contribution in [0, 0.1) is 5.82 Å². The average molecular weight is 432 g/mol. The molecule has 0 N–H and O–H groups in total. The second-order valence-electron chi connectivity index (χ2n) is 7.68. The molecule has 0 unspecified atom stereocenters. The van der Waals surface area contributed by atoms with Crippen LogP contribution in [0.1, 0.15) is 25.3 Å². The highest BCUT2D eigenvalue weighted by Crippen LogP contribution is 2.32. The largest absolute Gasteiger partial charge is 0.367 e. The third kappa shape index (κ3) is 3.81. The summed E-state index contributed by atoms with van der Waals surface area (Å²) < 4.78 is 41.8. The monoisotopic (exact) mass is 431 g/mol. The maximum atomic E-state index is 14.0. The van der Waals surface area contributed by atoms with Crippen LogP contribution in [0.3, 0.4) is 0 Å². The van der Waals surface area contributed by atoms with E-state index in [0.717, 1.165) is 17.7 Å². The average Bonchev–Trinajstić information content (AvgIpc) is 3.18. The summed E-state index contributed by atoms with van der Waals surface area (Å²) in [6.45, 7) is 4.04. The highest BCUT2D eigenvalue weighted by atomic mass is 32.2. The Balaban J connectivity index is 1.49. The first-order chi connectivity index (χ1) is 14.4. The van der Waals surface area contributed by atoms with Crippen molar-refractivity contribution in [3.05, 3.63) is 53.8 Å². The molecule has 2 aliphatic heterocycles. The van der Waals surface area contributed by atoms with Crippen molar-refractivity contribution in [1.29, 1.82) is 0 Å². The Morgan fingerprint density at radius 1 is 1.00 bits per heavy atom. The molecule has 0 saturated carbocycles. The fourth-order valence-electron chi connectivity index (χ4n) is 4.17. The third-order valence-electron chi connectivity index (χ3n) is 5.78. The fourth-order valence-corrected chi connectivity index (χ4v) is 5.65. The van der Waals surface area contributed by atoms with Crippen LogP contribution in [0.2, 0.25) is 0 Å². The van der Waals surface area contributed by atoms with E-state index in [9.17, 15) is 17.6 Å². The molecule has 4 rings (SSSR count). The highest BCUT2D eigenvalue weighted by Gasteiger charge is 2.31. The number of fused-ring (bicyclic) bond motifs is 1. The number of para-hydroxylation sites is 1. The Hall–Kier alpha value is -2.45. The molecule has 1 fully saturated rings. The van der Waals surface area contributed by atoms with E-state index >= 15 is 0 Å². The standard InChI is InChI=1S/C22H26FN3O3S/c1-2-5-22(27)26-11-10-17-16-18(8-9-20(17)26)30(28,29)25-14-12-24(13-15-25)21-7-4-3-6-19(21)23/h3-4,6-9,16H,2,5,10-15H2,1H3. The summed E-state index contributed by atoms with van der Waals surface area (Å²) in [5, 5.41) is 0. The molecule has 30 heavy (non-hydrogen) atoms. The van der Waals surface area contributed by atoms with Crippen LogP contribution in [0.4, 0.5) is 15.8 Å². The molecule has 1 saturated heterocycles. The van der Waals surface area contributed by atoms with E-state index in [0.29, 0.717) is 51.3 Å². The number of rotatable bonds is 5. The molecule has 0 aliphatic carbocycles. The molecule has 8 heteroatoms. The van der Waals surface area contributed by atoms with Gasteiger partial charge in [-0.3, -0.25) is 4.79 Å². The molecule has 1 amide bonds. The molecule has 0 spiro atoms. The topological polar surface area (TPSA) is 60.9 Å². The number of piperazine rings is 1. The summed E-state index contributed by atoms with van der Waals surface area (Å²) in [5.74, 6) is -0.217. The lowest BCUT2D eigenvalue weighted by molar-refractivity contribution is -0.118. The number of benzene rings is 2. The minimum atomic E-state index is -3.64. The molecule has 0 radical (unpaired) electrons. The number of carbonyl (C=O) groups is 1. The Morgan fingerprint density at radius 3 is 2.43 bits per heavy atom. The molecule has 2 aromatic rings. The first-order valence-corrected chi connectivity index (χ1v) is 11.8. The van der Waals surface area contributed by atoms with Crippen LogP contribution < -0.4 is 9.80 Å². The molecule has 0 bridgehead atoms. The minimum absolute atomic E-state index is 0.0797. The van der Waals surface area contributed by atoms with E-state index in [1.165, 1.54) is 10.4 Å². The predicted octanol–water partition coefficient (Wildman–Crippen LogP) is 3.03. The minimum Gasteiger partial charge on any atom is -0.367 e. The Bertz CT molecular complexity index is 1050. The van der Waals surface area contributed by atoms with E-state index in [-0.39, 0.29) is 16.6 Å². The number of amides is 1. The van der Waals surface area contributed by atoms with Gasteiger partial charge >= 0.3 is 0 Å². The lowest BCUT2D eigenvalue weighted by Crippen LogP contribution is -2.48. The van der Waals surface area contributed by atoms with Gasteiger partial charge in [-0.05, 0) is 48.7 Å². The van der Waals surface area contributed by atoms with Crippen LogP contribution in [0.25, 0.3) is 0 Å². The van der Waals surface area contributed by atoms with Crippen LogP contribution in [-0.4, -0.2) is 51.4 Å². The summed E-state index contributed by atoms with van der Waals surface area (Å²) >= 11 is 0. The van der Waals surface area contributed by atoms with E-state index in [2.05, 4.69) is 0 Å². The van der Waals surface area contributed by atoms with Gasteiger partial charge in [0, 0.05) is 44.8 Å². The Morgan fingerprint density at radius 2 is 1.73 bits per heavy atom. The number of hydrogen-bond acceptors (Lipinski definition) is 4. The van der Waals surface area contributed by atoms with Crippen molar-refractivity contribution >= 4 is 27.3 Å². The molecule has 2 aliphatic rings. The molecule has 6 nitrogen and oxygen atoms in total. The van der Waals surface area contributed by atoms with Gasteiger partial charge in [0.05, 0.1) is 10.6 Å². The number of hydrogen-bond donors (Lipinski definition) is 0. The number of anilines is 2. The normalized spacial score (nSPS) is 17.3. The zero-order valence-corrected chi connectivity index (χ0v) is 17.9. The van der Waals surface area contributed by atoms with Gasteiger partial charge in [0.1, 0.15) is 5.82 Å². The summed E-state index contributed by atoms with van der Waals surface area (Å²) in [4.78, 5) is 16.2. The van der Waals surface area contributed by atoms with Gasteiger partial charge in [-0.25, -0.2) is 12.8 Å². The first-order valence-electron chi connectivity index (χ1n) is 10.3. The zero-order chi connectivity index (χ0) is 21.3. The second-order valence-corrected chi connectivity index (χ2v) is 9.62. The van der Waals surface area contributed by atoms with E-state index in [1.807, 2.05) is 11.8 Å². The number of sulfonamides is 1. The van der Waals surface area contributed by atoms with Gasteiger partial charge in [-0.2, -0.15) is 4.31 Å². The van der Waals surface area contributed by atoms with Crippen LogP contribution >= 0.6 is 0 Å². The lowest BCUT2D eigenvalue weighted by atomic mass is 10.2. The quantitative estimate of drug-likeness (QED) is 0.730. The van der Waals surface area contributed by atoms with Crippen molar-refractivity contribution < 1.29 is 17.6 Å². The Labute approximate surface area is 176 Å². The highest BCUT2D eigenvalue weighted by molar-refractivity contribution is 7.89. The van der Waals surface area contributed by atoms with Crippen LogP contribution in [0.15, 0.2) is 47.4 Å². The van der Waals surface area contributed by atoms with Gasteiger partial charge in [0.25, 0.3) is 0 Å². The maximum Gasteiger partial charge on any atom is 0.243 e. The van der Waals surface area contributed by atoms with E-state index < -0.39 is 10.0 Å². The molecule has 2 aromatic carbocycles. The molecular weight excluding hydrogens is 405 g/mol. The molecule has 2 heterocycles. The summed E-state index contributed by atoms with van der Waals surface area (Å²) in [7, 11) is -3.64. The smallest absolute Gasteiger partial charge is 0.243 e. The second kappa shape index (κ2) is 8.35. The number of halogens is 1. The Kier molecular flexibility index (Phi) is 5.79. The van der Waals surface area contributed by atoms with Gasteiger partial charge in [0.15, 0.2) is 0 Å². The fraction of sp³-hybridized carbons (Fsp3) is 0.409. The van der Waals surface area contributed by atoms with Gasteiger partial charge < -0.3 is 9.80 Å². The van der Waals surface area contributed by atoms with Crippen molar-refractivity contribution in [2.24, 2.45) is 0 Å². The zero-order valence-electron chi connectivity index (χ0n) is 17.1. The SMILES string of the molecule is CCCC(=O)N1CCc2cc(S(=O)(=O)N3CCN(c4ccccc4F)CC3)ccc21. The van der Waals surface area contributed by atoms with E-state index in [1.54, 1.807) is 41.3 Å². The van der Waals surface area contributed by atoms with Crippen LogP contribution in [0.5, 0.6) is 0 Å². The number of nitrogens with zero attached hydrogens (tertiary/aromatic N) is 3. The first kappa shape index (κ1) is 20.8. The molecular formula is C22H26FN3O3S. The van der Waals surface area contributed by atoms with Crippen molar-refractivity contribution in [1.82, 2.24) is 4.31 Å². The van der Waals surface area contributed by atoms with Crippen molar-refractivity contribution in [2.45, 2.75) is 31.1 Å². The van der Waals surface area contributed by atoms with Crippen molar-refractivity contribution in [2.75, 3.05) is 42.5 Å². The summed E-state index contributed by atoms with van der Waals surface area (Å²) in [6.07, 6.45) is 1.94. The molecule has 160 valence electrons. The summed E-state index contributed by atoms with van der Waals surface area (Å²) in [6, 6.07) is 11.6. The molecule has 0 aromatic heterocycles. The van der Waals surface area contributed by atoms with Crippen molar-refractivity contribution in [3.8, 4) is 0 Å². The third-order valence-corrected chi connectivity index (χ3v) is 7.68. The van der Waals surface area contributed by atoms with E-state index in [4.69, 9.17) is 0 Å². The number of carbonyl (C=O) groups excluding carboxylic acids is 1. The predicted molar refractivity (Wildman–Crippen MR) is 115 cm³/mol.